The summed E-state index contributed by atoms with van der Waals surface area (Å²) in [6, 6.07) is 47.1. The van der Waals surface area contributed by atoms with E-state index in [9.17, 15) is 5.26 Å². The van der Waals surface area contributed by atoms with Crippen molar-refractivity contribution in [1.29, 1.82) is 5.26 Å². The maximum atomic E-state index is 9.84. The van der Waals surface area contributed by atoms with Crippen LogP contribution in [0.15, 0.2) is 115 Å². The van der Waals surface area contributed by atoms with Crippen molar-refractivity contribution in [3.8, 4) is 61.7 Å². The van der Waals surface area contributed by atoms with E-state index in [2.05, 4.69) is 151 Å². The van der Waals surface area contributed by atoms with Gasteiger partial charge < -0.3 is 0 Å². The molecule has 0 radical (unpaired) electrons. The zero-order valence-electron chi connectivity index (χ0n) is 46.2. The summed E-state index contributed by atoms with van der Waals surface area (Å²) >= 11 is 0. The van der Waals surface area contributed by atoms with Crippen LogP contribution < -0.4 is 0 Å². The average Bonchev–Trinajstić information content (AvgIpc) is 3.41. The topological polar surface area (TPSA) is 23.8 Å². The van der Waals surface area contributed by atoms with Crippen LogP contribution in [0.5, 0.6) is 0 Å². The van der Waals surface area contributed by atoms with E-state index < -0.39 is 0 Å². The molecule has 0 spiro atoms. The van der Waals surface area contributed by atoms with E-state index in [0.717, 1.165) is 25.7 Å². The van der Waals surface area contributed by atoms with E-state index in [-0.39, 0.29) is 0 Å². The van der Waals surface area contributed by atoms with Gasteiger partial charge in [0.1, 0.15) is 0 Å². The van der Waals surface area contributed by atoms with Crippen LogP contribution in [0.2, 0.25) is 0 Å². The number of hydrogen-bond acceptors (Lipinski definition) is 1. The molecule has 1 heteroatoms. The smallest absolute Gasteiger partial charge is 0.0991 e. The highest BCUT2D eigenvalue weighted by Gasteiger charge is 2.18. The largest absolute Gasteiger partial charge is 0.192 e. The Hall–Kier alpha value is -5.19. The number of nitriles is 1. The van der Waals surface area contributed by atoms with Gasteiger partial charge in [0, 0.05) is 0 Å². The molecule has 0 fully saturated rings. The van der Waals surface area contributed by atoms with Crippen LogP contribution in [0.1, 0.15) is 221 Å². The summed E-state index contributed by atoms with van der Waals surface area (Å²) < 4.78 is 0. The van der Waals surface area contributed by atoms with Crippen LogP contribution in [0.25, 0.3) is 55.6 Å². The zero-order valence-corrected chi connectivity index (χ0v) is 46.2. The number of rotatable bonds is 33. The Bertz CT molecular complexity index is 2530. The molecule has 72 heavy (non-hydrogen) atoms. The SMILES string of the molecule is CCCCCCCCc1cc(-c2cc(-c3ccc(C#N)cc3)cc(-c3cc(CCCCCCCC)c(-c4ccc(-c5ccc(C)cc5)cc4)cc3CCCCCCCC)c2)c(CCCCCCCC)cc1C. The molecule has 0 aromatic heterocycles. The van der Waals surface area contributed by atoms with Gasteiger partial charge in [-0.15, -0.1) is 0 Å². The molecule has 0 saturated carbocycles. The molecule has 0 bridgehead atoms. The van der Waals surface area contributed by atoms with Gasteiger partial charge in [-0.1, -0.05) is 247 Å². The third-order valence-electron chi connectivity index (χ3n) is 15.6. The quantitative estimate of drug-likeness (QED) is 0.0377. The predicted octanol–water partition coefficient (Wildman–Crippen LogP) is 22.1. The van der Waals surface area contributed by atoms with E-state index in [1.807, 2.05) is 12.1 Å². The lowest BCUT2D eigenvalue weighted by molar-refractivity contribution is 0.605. The Balaban J connectivity index is 1.51. The number of aryl methyl sites for hydroxylation is 6. The van der Waals surface area contributed by atoms with E-state index in [0.29, 0.717) is 5.56 Å². The molecule has 6 aromatic rings. The molecule has 0 aliphatic heterocycles. The van der Waals surface area contributed by atoms with Gasteiger partial charge in [0.25, 0.3) is 0 Å². The Morgan fingerprint density at radius 3 is 1.03 bits per heavy atom. The molecule has 0 amide bonds. The van der Waals surface area contributed by atoms with E-state index >= 15 is 0 Å². The Labute approximate surface area is 440 Å². The molecule has 0 heterocycles. The summed E-state index contributed by atoms with van der Waals surface area (Å²) in [5.74, 6) is 0. The Kier molecular flexibility index (Phi) is 24.5. The van der Waals surface area contributed by atoms with Crippen LogP contribution in [-0.2, 0) is 25.7 Å². The van der Waals surface area contributed by atoms with Gasteiger partial charge in [-0.2, -0.15) is 5.26 Å². The van der Waals surface area contributed by atoms with Crippen LogP contribution in [0.4, 0.5) is 0 Å². The maximum absolute atomic E-state index is 9.84. The predicted molar refractivity (Wildman–Crippen MR) is 316 cm³/mol. The zero-order chi connectivity index (χ0) is 50.8. The molecule has 6 aromatic carbocycles. The summed E-state index contributed by atoms with van der Waals surface area (Å²) in [5.41, 5.74) is 22.6. The summed E-state index contributed by atoms with van der Waals surface area (Å²) in [6.07, 6.45) is 35.5. The Morgan fingerprint density at radius 2 is 0.597 bits per heavy atom. The second-order valence-electron chi connectivity index (χ2n) is 21.6. The summed E-state index contributed by atoms with van der Waals surface area (Å²) in [7, 11) is 0. The highest BCUT2D eigenvalue weighted by molar-refractivity contribution is 5.85. The first-order chi connectivity index (χ1) is 35.3. The number of benzene rings is 6. The van der Waals surface area contributed by atoms with Crippen LogP contribution in [0, 0.1) is 25.2 Å². The van der Waals surface area contributed by atoms with Gasteiger partial charge in [-0.05, 0) is 179 Å². The summed E-state index contributed by atoms with van der Waals surface area (Å²) in [4.78, 5) is 0. The minimum atomic E-state index is 0.706. The van der Waals surface area contributed by atoms with Crippen molar-refractivity contribution in [2.45, 2.75) is 221 Å². The molecule has 1 nitrogen and oxygen atoms in total. The molecular weight excluding hydrogens is 867 g/mol. The third kappa shape index (κ3) is 17.5. The van der Waals surface area contributed by atoms with Crippen molar-refractivity contribution in [3.05, 3.63) is 154 Å². The van der Waals surface area contributed by atoms with Crippen molar-refractivity contribution in [1.82, 2.24) is 0 Å². The lowest BCUT2D eigenvalue weighted by atomic mass is 9.84. The first-order valence-corrected chi connectivity index (χ1v) is 29.5. The maximum Gasteiger partial charge on any atom is 0.0991 e. The van der Waals surface area contributed by atoms with Crippen molar-refractivity contribution < 1.29 is 0 Å². The van der Waals surface area contributed by atoms with E-state index in [4.69, 9.17) is 0 Å². The van der Waals surface area contributed by atoms with Crippen LogP contribution >= 0.6 is 0 Å². The molecule has 0 N–H and O–H groups in total. The van der Waals surface area contributed by atoms with Crippen molar-refractivity contribution >= 4 is 0 Å². The highest BCUT2D eigenvalue weighted by Crippen LogP contribution is 2.41. The van der Waals surface area contributed by atoms with Gasteiger partial charge in [-0.25, -0.2) is 0 Å². The second kappa shape index (κ2) is 31.4. The molecular formula is C71H93N. The van der Waals surface area contributed by atoms with Crippen molar-refractivity contribution in [3.63, 3.8) is 0 Å². The fraction of sp³-hybridized carbons (Fsp3) is 0.479. The van der Waals surface area contributed by atoms with Gasteiger partial charge in [0.15, 0.2) is 0 Å². The molecule has 0 aliphatic rings. The molecule has 0 atom stereocenters. The minimum Gasteiger partial charge on any atom is -0.192 e. The fourth-order valence-electron chi connectivity index (χ4n) is 11.0. The van der Waals surface area contributed by atoms with Crippen LogP contribution in [-0.4, -0.2) is 0 Å². The standard InChI is InChI=1S/C71H93N/c1-7-11-15-19-23-27-31-62-51-70(63(47-56(62)6)32-28-24-20-16-12-8-2)67-48-66(60-41-37-57(54-72)38-42-60)49-68(50-67)71-53-64(33-29-25-21-17-13-9-3)69(52-65(71)34-30-26-22-18-14-10-4)61-45-43-59(44-46-61)58-39-35-55(5)36-40-58/h35-53H,7-34H2,1-6H3. The van der Waals surface area contributed by atoms with Gasteiger partial charge in [0.05, 0.1) is 11.6 Å². The first-order valence-electron chi connectivity index (χ1n) is 29.5. The van der Waals surface area contributed by atoms with Gasteiger partial charge >= 0.3 is 0 Å². The number of unbranched alkanes of at least 4 members (excludes halogenated alkanes) is 20. The normalized spacial score (nSPS) is 11.3. The van der Waals surface area contributed by atoms with E-state index in [1.54, 1.807) is 0 Å². The monoisotopic (exact) mass is 960 g/mol. The summed E-state index contributed by atoms with van der Waals surface area (Å²) in [5, 5.41) is 9.84. The lowest BCUT2D eigenvalue weighted by Crippen LogP contribution is -2.01. The Morgan fingerprint density at radius 1 is 0.292 bits per heavy atom. The van der Waals surface area contributed by atoms with Crippen molar-refractivity contribution in [2.24, 2.45) is 0 Å². The van der Waals surface area contributed by atoms with Gasteiger partial charge in [0.2, 0.25) is 0 Å². The van der Waals surface area contributed by atoms with E-state index in [1.165, 1.54) is 243 Å². The molecule has 382 valence electrons. The fourth-order valence-corrected chi connectivity index (χ4v) is 11.0. The molecule has 0 unspecified atom stereocenters. The highest BCUT2D eigenvalue weighted by atomic mass is 14.2. The van der Waals surface area contributed by atoms with Crippen molar-refractivity contribution in [2.75, 3.05) is 0 Å². The molecule has 6 rings (SSSR count). The molecule has 0 saturated heterocycles. The summed E-state index contributed by atoms with van der Waals surface area (Å²) in [6.45, 7) is 13.8. The van der Waals surface area contributed by atoms with Crippen LogP contribution in [0.3, 0.4) is 0 Å². The average molecular weight is 961 g/mol. The number of hydrogen-bond donors (Lipinski definition) is 0. The third-order valence-corrected chi connectivity index (χ3v) is 15.6. The minimum absolute atomic E-state index is 0.706. The lowest BCUT2D eigenvalue weighted by Gasteiger charge is -2.21. The second-order valence-corrected chi connectivity index (χ2v) is 21.6. The molecule has 0 aliphatic carbocycles. The number of nitrogens with zero attached hydrogens (tertiary/aromatic N) is 1. The van der Waals surface area contributed by atoms with Gasteiger partial charge in [-0.3, -0.25) is 0 Å². The first kappa shape index (κ1) is 56.1.